The molecule has 0 unspecified atom stereocenters. The molecular formula is C12H12ClN3O3. The number of ether oxygens (including phenoxy) is 1. The minimum absolute atomic E-state index is 0.00398. The highest BCUT2D eigenvalue weighted by molar-refractivity contribution is 6.16. The van der Waals surface area contributed by atoms with Crippen molar-refractivity contribution in [3.63, 3.8) is 0 Å². The molecule has 1 saturated heterocycles. The van der Waals surface area contributed by atoms with Crippen molar-refractivity contribution in [2.45, 2.75) is 24.9 Å². The molecule has 0 spiro atoms. The van der Waals surface area contributed by atoms with Gasteiger partial charge in [-0.1, -0.05) is 0 Å². The number of hydrogen-bond acceptors (Lipinski definition) is 4. The lowest BCUT2D eigenvalue weighted by atomic mass is 10.2. The largest absolute Gasteiger partial charge is 0.477 e. The summed E-state index contributed by atoms with van der Waals surface area (Å²) in [6.07, 6.45) is 1.12. The van der Waals surface area contributed by atoms with Crippen LogP contribution in [0.5, 0.6) is 0 Å². The van der Waals surface area contributed by atoms with Crippen molar-refractivity contribution in [1.29, 1.82) is 0 Å². The highest BCUT2D eigenvalue weighted by Crippen LogP contribution is 2.21. The smallest absolute Gasteiger partial charge is 0.354 e. The van der Waals surface area contributed by atoms with Gasteiger partial charge < -0.3 is 14.4 Å². The molecule has 100 valence electrons. The first kappa shape index (κ1) is 12.4. The Hall–Kier alpha value is -1.66. The van der Waals surface area contributed by atoms with E-state index in [0.29, 0.717) is 23.5 Å². The molecule has 19 heavy (non-hydrogen) atoms. The van der Waals surface area contributed by atoms with E-state index in [1.54, 1.807) is 6.07 Å². The average molecular weight is 282 g/mol. The molecule has 1 aliphatic rings. The van der Waals surface area contributed by atoms with Crippen LogP contribution in [0.4, 0.5) is 0 Å². The van der Waals surface area contributed by atoms with Gasteiger partial charge in [-0.25, -0.2) is 14.8 Å². The van der Waals surface area contributed by atoms with Gasteiger partial charge >= 0.3 is 5.97 Å². The Bertz CT molecular complexity index is 636. The van der Waals surface area contributed by atoms with E-state index >= 15 is 0 Å². The number of carboxylic acids is 1. The van der Waals surface area contributed by atoms with Gasteiger partial charge in [0.15, 0.2) is 11.3 Å². The summed E-state index contributed by atoms with van der Waals surface area (Å²) in [5.41, 5.74) is 1.20. The Morgan fingerprint density at radius 3 is 2.89 bits per heavy atom. The number of aromatic carboxylic acids is 1. The summed E-state index contributed by atoms with van der Waals surface area (Å²) in [4.78, 5) is 19.5. The van der Waals surface area contributed by atoms with Crippen molar-refractivity contribution in [2.24, 2.45) is 0 Å². The molecule has 1 atom stereocenters. The number of imidazole rings is 1. The molecule has 6 nitrogen and oxygen atoms in total. The summed E-state index contributed by atoms with van der Waals surface area (Å²) < 4.78 is 7.24. The normalized spacial score (nSPS) is 18.5. The molecule has 0 saturated carbocycles. The predicted octanol–water partition coefficient (Wildman–Crippen LogP) is 1.66. The molecule has 0 amide bonds. The Kier molecular flexibility index (Phi) is 3.12. The lowest BCUT2D eigenvalue weighted by Gasteiger charge is -2.27. The van der Waals surface area contributed by atoms with E-state index in [-0.39, 0.29) is 17.7 Å². The van der Waals surface area contributed by atoms with E-state index in [4.69, 9.17) is 21.4 Å². The zero-order valence-corrected chi connectivity index (χ0v) is 10.8. The Balaban J connectivity index is 2.08. The van der Waals surface area contributed by atoms with E-state index in [1.807, 2.05) is 4.57 Å². The van der Waals surface area contributed by atoms with Crippen molar-refractivity contribution < 1.29 is 14.6 Å². The highest BCUT2D eigenvalue weighted by atomic mass is 35.5. The topological polar surface area (TPSA) is 77.2 Å². The minimum Gasteiger partial charge on any atom is -0.477 e. The number of hydrogen-bond donors (Lipinski definition) is 1. The molecule has 0 aromatic carbocycles. The van der Waals surface area contributed by atoms with Crippen LogP contribution in [0.1, 0.15) is 22.7 Å². The molecule has 2 aromatic heterocycles. The molecule has 1 N–H and O–H groups in total. The first-order valence-electron chi connectivity index (χ1n) is 5.96. The fraction of sp³-hybridized carbons (Fsp3) is 0.417. The number of carboxylic acid groups (broad SMARTS) is 1. The molecule has 1 aliphatic heterocycles. The van der Waals surface area contributed by atoms with Gasteiger partial charge in [-0.15, -0.1) is 11.6 Å². The van der Waals surface area contributed by atoms with Gasteiger partial charge in [-0.05, 0) is 18.6 Å². The molecule has 2 aromatic rings. The number of carbonyl (C=O) groups is 1. The van der Waals surface area contributed by atoms with Crippen LogP contribution in [0.25, 0.3) is 11.2 Å². The number of pyridine rings is 1. The van der Waals surface area contributed by atoms with Gasteiger partial charge in [0, 0.05) is 6.61 Å². The summed E-state index contributed by atoms with van der Waals surface area (Å²) in [6.45, 7) is 1.37. The molecule has 3 heterocycles. The molecule has 3 rings (SSSR count). The third-order valence-corrected chi connectivity index (χ3v) is 3.43. The van der Waals surface area contributed by atoms with Crippen molar-refractivity contribution in [1.82, 2.24) is 14.5 Å². The number of halogens is 1. The van der Waals surface area contributed by atoms with Crippen LogP contribution in [-0.4, -0.2) is 38.3 Å². The Labute approximate surface area is 114 Å². The van der Waals surface area contributed by atoms with Gasteiger partial charge in [0.25, 0.3) is 0 Å². The maximum atomic E-state index is 11.0. The summed E-state index contributed by atoms with van der Waals surface area (Å²) in [5.74, 6) is -0.116. The fourth-order valence-corrected chi connectivity index (χ4v) is 2.30. The van der Waals surface area contributed by atoms with Crippen molar-refractivity contribution in [3.8, 4) is 0 Å². The van der Waals surface area contributed by atoms with Crippen LogP contribution in [0.3, 0.4) is 0 Å². The van der Waals surface area contributed by atoms with Crippen molar-refractivity contribution in [2.75, 3.05) is 6.61 Å². The fourth-order valence-electron chi connectivity index (χ4n) is 2.09. The van der Waals surface area contributed by atoms with Crippen molar-refractivity contribution in [3.05, 3.63) is 23.7 Å². The summed E-state index contributed by atoms with van der Waals surface area (Å²) in [7, 11) is 0. The summed E-state index contributed by atoms with van der Waals surface area (Å²) in [6, 6.07) is 3.10. The second-order valence-corrected chi connectivity index (χ2v) is 4.67. The zero-order valence-electron chi connectivity index (χ0n) is 10.0. The minimum atomic E-state index is -1.05. The molecule has 0 aliphatic carbocycles. The number of nitrogens with zero attached hydrogens (tertiary/aromatic N) is 3. The maximum absolute atomic E-state index is 11.0. The molecule has 0 bridgehead atoms. The number of rotatable bonds is 4. The third-order valence-electron chi connectivity index (χ3n) is 3.19. The van der Waals surface area contributed by atoms with Crippen molar-refractivity contribution >= 4 is 28.7 Å². The monoisotopic (exact) mass is 281 g/mol. The quantitative estimate of drug-likeness (QED) is 0.863. The Morgan fingerprint density at radius 2 is 2.32 bits per heavy atom. The van der Waals surface area contributed by atoms with Crippen LogP contribution in [0.15, 0.2) is 12.1 Å². The molecular weight excluding hydrogens is 270 g/mol. The second-order valence-electron chi connectivity index (χ2n) is 4.40. The van der Waals surface area contributed by atoms with E-state index < -0.39 is 5.97 Å². The van der Waals surface area contributed by atoms with Crippen LogP contribution in [-0.2, 0) is 17.2 Å². The third kappa shape index (κ3) is 2.17. The summed E-state index contributed by atoms with van der Waals surface area (Å²) >= 11 is 5.88. The first-order valence-corrected chi connectivity index (χ1v) is 6.49. The lowest BCUT2D eigenvalue weighted by molar-refractivity contribution is -0.0590. The molecule has 0 radical (unpaired) electrons. The molecule has 7 heteroatoms. The van der Waals surface area contributed by atoms with E-state index in [2.05, 4.69) is 9.97 Å². The average Bonchev–Trinajstić information content (AvgIpc) is 2.70. The van der Waals surface area contributed by atoms with Crippen LogP contribution in [0.2, 0.25) is 0 Å². The maximum Gasteiger partial charge on any atom is 0.354 e. The van der Waals surface area contributed by atoms with E-state index in [0.717, 1.165) is 13.0 Å². The lowest BCUT2D eigenvalue weighted by Crippen LogP contribution is -2.31. The SMILES string of the molecule is O=C(O)c1ccc2nc(CCl)n(C[C@@H]3CCO3)c2n1. The van der Waals surface area contributed by atoms with Gasteiger partial charge in [0.05, 0.1) is 18.5 Å². The summed E-state index contributed by atoms with van der Waals surface area (Å²) in [5, 5.41) is 9.00. The van der Waals surface area contributed by atoms with Crippen LogP contribution >= 0.6 is 11.6 Å². The Morgan fingerprint density at radius 1 is 1.53 bits per heavy atom. The first-order chi connectivity index (χ1) is 9.19. The van der Waals surface area contributed by atoms with E-state index in [1.165, 1.54) is 6.07 Å². The van der Waals surface area contributed by atoms with Gasteiger partial charge in [-0.3, -0.25) is 0 Å². The standard InChI is InChI=1S/C12H12ClN3O3/c13-5-10-14-8-1-2-9(12(17)18)15-11(8)16(10)6-7-3-4-19-7/h1-2,7H,3-6H2,(H,17,18)/t7-/m0/s1. The number of aromatic nitrogens is 3. The van der Waals surface area contributed by atoms with Crippen LogP contribution < -0.4 is 0 Å². The second kappa shape index (κ2) is 4.79. The van der Waals surface area contributed by atoms with Gasteiger partial charge in [0.2, 0.25) is 0 Å². The van der Waals surface area contributed by atoms with Crippen LogP contribution in [0, 0.1) is 0 Å². The van der Waals surface area contributed by atoms with Gasteiger partial charge in [0.1, 0.15) is 11.3 Å². The zero-order chi connectivity index (χ0) is 13.4. The van der Waals surface area contributed by atoms with E-state index in [9.17, 15) is 4.79 Å². The molecule has 1 fully saturated rings. The van der Waals surface area contributed by atoms with Gasteiger partial charge in [-0.2, -0.15) is 0 Å². The number of alkyl halides is 1. The number of fused-ring (bicyclic) bond motifs is 1. The predicted molar refractivity (Wildman–Crippen MR) is 68.4 cm³/mol. The highest BCUT2D eigenvalue weighted by Gasteiger charge is 2.22.